The van der Waals surface area contributed by atoms with Gasteiger partial charge in [0.15, 0.2) is 6.10 Å². The third-order valence-electron chi connectivity index (χ3n) is 12.4. The Morgan fingerprint density at radius 2 is 0.526 bits per heavy atom. The van der Waals surface area contributed by atoms with Crippen molar-refractivity contribution in [2.45, 2.75) is 252 Å². The van der Waals surface area contributed by atoms with Crippen LogP contribution in [0.5, 0.6) is 0 Å². The van der Waals surface area contributed by atoms with Crippen LogP contribution < -0.4 is 0 Å². The number of unbranched alkanes of at least 4 members (excludes halogenated alkanes) is 15. The second-order valence-corrected chi connectivity index (χ2v) is 19.8. The molecule has 0 N–H and O–H groups in total. The first-order valence-electron chi connectivity index (χ1n) is 31.1. The van der Waals surface area contributed by atoms with E-state index in [-0.39, 0.29) is 31.6 Å². The first kappa shape index (κ1) is 72.8. The van der Waals surface area contributed by atoms with E-state index in [9.17, 15) is 14.4 Å². The lowest BCUT2D eigenvalue weighted by Crippen LogP contribution is -2.30. The maximum absolute atomic E-state index is 12.9. The zero-order chi connectivity index (χ0) is 56.4. The monoisotopic (exact) mass is 1070 g/mol. The van der Waals surface area contributed by atoms with Crippen LogP contribution in [0.3, 0.4) is 0 Å². The van der Waals surface area contributed by atoms with Gasteiger partial charge in [0, 0.05) is 19.3 Å². The maximum atomic E-state index is 12.9. The summed E-state index contributed by atoms with van der Waals surface area (Å²) in [6, 6.07) is 0. The second kappa shape index (κ2) is 64.3. The van der Waals surface area contributed by atoms with Crippen LogP contribution in [-0.4, -0.2) is 37.2 Å². The van der Waals surface area contributed by atoms with Gasteiger partial charge in [-0.3, -0.25) is 14.4 Å². The Morgan fingerprint density at radius 3 is 0.846 bits per heavy atom. The number of esters is 3. The second-order valence-electron chi connectivity index (χ2n) is 19.8. The zero-order valence-electron chi connectivity index (χ0n) is 49.9. The summed E-state index contributed by atoms with van der Waals surface area (Å²) in [4.78, 5) is 38.2. The van der Waals surface area contributed by atoms with Crippen LogP contribution >= 0.6 is 0 Å². The van der Waals surface area contributed by atoms with Gasteiger partial charge in [-0.05, 0) is 141 Å². The van der Waals surface area contributed by atoms with Crippen LogP contribution in [0.2, 0.25) is 0 Å². The summed E-state index contributed by atoms with van der Waals surface area (Å²) >= 11 is 0. The van der Waals surface area contributed by atoms with E-state index in [4.69, 9.17) is 14.2 Å². The highest BCUT2D eigenvalue weighted by molar-refractivity contribution is 5.71. The molecule has 1 atom stereocenters. The van der Waals surface area contributed by atoms with E-state index < -0.39 is 12.1 Å². The van der Waals surface area contributed by atoms with Crippen molar-refractivity contribution < 1.29 is 28.6 Å². The molecule has 0 saturated heterocycles. The minimum absolute atomic E-state index is 0.126. The van der Waals surface area contributed by atoms with Crippen molar-refractivity contribution >= 4 is 17.9 Å². The van der Waals surface area contributed by atoms with Crippen LogP contribution in [0.25, 0.3) is 0 Å². The molecule has 0 aliphatic carbocycles. The predicted molar refractivity (Wildman–Crippen MR) is 338 cm³/mol. The highest BCUT2D eigenvalue weighted by Gasteiger charge is 2.19. The van der Waals surface area contributed by atoms with E-state index in [2.05, 4.69) is 179 Å². The van der Waals surface area contributed by atoms with Crippen molar-refractivity contribution in [2.75, 3.05) is 13.2 Å². The van der Waals surface area contributed by atoms with E-state index >= 15 is 0 Å². The highest BCUT2D eigenvalue weighted by Crippen LogP contribution is 2.13. The smallest absolute Gasteiger partial charge is 0.306 e. The van der Waals surface area contributed by atoms with E-state index in [0.717, 1.165) is 154 Å². The van der Waals surface area contributed by atoms with E-state index in [0.29, 0.717) is 19.3 Å². The average molecular weight is 1070 g/mol. The molecule has 1 unspecified atom stereocenters. The van der Waals surface area contributed by atoms with Crippen molar-refractivity contribution in [1.82, 2.24) is 0 Å². The van der Waals surface area contributed by atoms with Gasteiger partial charge in [0.05, 0.1) is 0 Å². The standard InChI is InChI=1S/C72H112O6/c1-4-7-10-13-16-19-22-25-28-30-32-33-34-35-36-37-38-39-41-42-44-47-50-53-56-59-62-65-71(74)77-68-69(67-76-70(73)64-61-58-55-52-49-46-27-24-21-18-15-12-9-6-3)78-72(75)66-63-60-57-54-51-48-45-43-40-31-29-26-23-20-17-14-11-8-5-2/h7-8,10-11,16-17,19-20,24-29,32-33,35-36,38-40,42-44,48,51,57,60,69H,4-6,9,12-15,18,21-23,30-31,34,37,41,45-47,49-50,52-56,58-59,61-68H2,1-3H3/b10-7-,11-8-,19-16-,20-17-,27-24-,28-25-,29-26-,33-32-,36-35-,39-38-,43-40-,44-42-,51-48-,60-57-. The Kier molecular flexibility index (Phi) is 60.0. The first-order valence-corrected chi connectivity index (χ1v) is 31.1. The van der Waals surface area contributed by atoms with Gasteiger partial charge in [-0.25, -0.2) is 0 Å². The van der Waals surface area contributed by atoms with Gasteiger partial charge in [-0.15, -0.1) is 0 Å². The molecule has 0 aromatic heterocycles. The van der Waals surface area contributed by atoms with Gasteiger partial charge in [-0.2, -0.15) is 0 Å². The number of ether oxygens (including phenoxy) is 3. The molecule has 6 nitrogen and oxygen atoms in total. The number of rotatable bonds is 54. The fourth-order valence-corrected chi connectivity index (χ4v) is 7.85. The van der Waals surface area contributed by atoms with E-state index in [1.165, 1.54) is 44.9 Å². The summed E-state index contributed by atoms with van der Waals surface area (Å²) in [7, 11) is 0. The van der Waals surface area contributed by atoms with Crippen molar-refractivity contribution in [3.05, 3.63) is 170 Å². The molecule has 0 aliphatic rings. The van der Waals surface area contributed by atoms with Gasteiger partial charge in [0.1, 0.15) is 13.2 Å². The van der Waals surface area contributed by atoms with Gasteiger partial charge in [-0.1, -0.05) is 255 Å². The zero-order valence-corrected chi connectivity index (χ0v) is 49.9. The topological polar surface area (TPSA) is 78.9 Å². The van der Waals surface area contributed by atoms with Gasteiger partial charge >= 0.3 is 17.9 Å². The largest absolute Gasteiger partial charge is 0.462 e. The van der Waals surface area contributed by atoms with Crippen LogP contribution in [0.4, 0.5) is 0 Å². The molecule has 6 heteroatoms. The Balaban J connectivity index is 4.53. The van der Waals surface area contributed by atoms with Crippen LogP contribution in [-0.2, 0) is 28.6 Å². The van der Waals surface area contributed by atoms with Crippen molar-refractivity contribution in [1.29, 1.82) is 0 Å². The fourth-order valence-electron chi connectivity index (χ4n) is 7.85. The summed E-state index contributed by atoms with van der Waals surface area (Å²) in [6.45, 7) is 6.30. The molecule has 78 heavy (non-hydrogen) atoms. The molecule has 0 aromatic rings. The summed E-state index contributed by atoms with van der Waals surface area (Å²) in [6.07, 6.45) is 95.0. The molecule has 0 heterocycles. The van der Waals surface area contributed by atoms with Gasteiger partial charge in [0.2, 0.25) is 0 Å². The summed E-state index contributed by atoms with van der Waals surface area (Å²) in [5, 5.41) is 0. The third kappa shape index (κ3) is 61.6. The number of hydrogen-bond acceptors (Lipinski definition) is 6. The normalized spacial score (nSPS) is 13.3. The first-order chi connectivity index (χ1) is 38.5. The Hall–Kier alpha value is -5.23. The maximum Gasteiger partial charge on any atom is 0.306 e. The molecule has 0 amide bonds. The van der Waals surface area contributed by atoms with Crippen molar-refractivity contribution in [3.63, 3.8) is 0 Å². The molecule has 0 aliphatic heterocycles. The number of carbonyl (C=O) groups excluding carboxylic acids is 3. The Bertz CT molecular complexity index is 1810. The Morgan fingerprint density at radius 1 is 0.269 bits per heavy atom. The number of allylic oxidation sites excluding steroid dienone is 28. The molecular weight excluding hydrogens is 961 g/mol. The van der Waals surface area contributed by atoms with Gasteiger partial charge < -0.3 is 14.2 Å². The van der Waals surface area contributed by atoms with Gasteiger partial charge in [0.25, 0.3) is 0 Å². The molecule has 0 radical (unpaired) electrons. The van der Waals surface area contributed by atoms with Crippen LogP contribution in [0.1, 0.15) is 245 Å². The predicted octanol–water partition coefficient (Wildman–Crippen LogP) is 21.5. The van der Waals surface area contributed by atoms with Crippen molar-refractivity contribution in [3.8, 4) is 0 Å². The summed E-state index contributed by atoms with van der Waals surface area (Å²) in [5.41, 5.74) is 0. The fraction of sp³-hybridized carbons (Fsp3) is 0.569. The SMILES string of the molecule is CC/C=C\C/C=C\C/C=C\C/C=C\C/C=C\C/C=C\C/C=C\CCCCCCCC(=O)OCC(COC(=O)CCCCCCC/C=C\CCCCCCC)OC(=O)CC/C=C\C/C=C\C/C=C\C/C=C\C/C=C\C/C=C\CC. The molecule has 0 fully saturated rings. The minimum atomic E-state index is -0.840. The molecule has 0 spiro atoms. The summed E-state index contributed by atoms with van der Waals surface area (Å²) < 4.78 is 16.8. The molecule has 0 saturated carbocycles. The van der Waals surface area contributed by atoms with Crippen LogP contribution in [0, 0.1) is 0 Å². The Labute approximate surface area is 479 Å². The molecule has 0 bridgehead atoms. The lowest BCUT2D eigenvalue weighted by atomic mass is 10.1. The lowest BCUT2D eigenvalue weighted by molar-refractivity contribution is -0.166. The third-order valence-corrected chi connectivity index (χ3v) is 12.4. The lowest BCUT2D eigenvalue weighted by Gasteiger charge is -2.18. The van der Waals surface area contributed by atoms with Crippen molar-refractivity contribution in [2.24, 2.45) is 0 Å². The quantitative estimate of drug-likeness (QED) is 0.0261. The molecule has 436 valence electrons. The molecular formula is C72H112O6. The minimum Gasteiger partial charge on any atom is -0.462 e. The van der Waals surface area contributed by atoms with E-state index in [1.807, 2.05) is 12.2 Å². The number of carbonyl (C=O) groups is 3. The molecule has 0 aromatic carbocycles. The average Bonchev–Trinajstić information content (AvgIpc) is 3.44. The van der Waals surface area contributed by atoms with E-state index in [1.54, 1.807) is 0 Å². The summed E-state index contributed by atoms with van der Waals surface area (Å²) in [5.74, 6) is -1.05. The highest BCUT2D eigenvalue weighted by atomic mass is 16.6. The van der Waals surface area contributed by atoms with Crippen LogP contribution in [0.15, 0.2) is 170 Å². The number of hydrogen-bond donors (Lipinski definition) is 0. The molecule has 0 rings (SSSR count).